The molecule has 4 N–H and O–H groups in total. The molecular weight excluding hydrogens is 656 g/mol. The lowest BCUT2D eigenvalue weighted by atomic mass is 9.98. The third kappa shape index (κ3) is 11.3. The molecule has 0 aromatic heterocycles. The van der Waals surface area contributed by atoms with Crippen LogP contribution in [0.4, 0.5) is 0 Å². The minimum atomic E-state index is -0.778. The van der Waals surface area contributed by atoms with Crippen LogP contribution in [0.3, 0.4) is 0 Å². The van der Waals surface area contributed by atoms with Crippen molar-refractivity contribution in [2.75, 3.05) is 13.6 Å². The topological polar surface area (TPSA) is 129 Å². The number of aliphatic hydroxyl groups excluding tert-OH is 2. The quantitative estimate of drug-likeness (QED) is 0.0784. The van der Waals surface area contributed by atoms with E-state index in [0.29, 0.717) is 32.4 Å². The van der Waals surface area contributed by atoms with Gasteiger partial charge in [-0.3, -0.25) is 14.5 Å². The van der Waals surface area contributed by atoms with Gasteiger partial charge >= 0.3 is 5.97 Å². The molecule has 1 aliphatic heterocycles. The van der Waals surface area contributed by atoms with Crippen molar-refractivity contribution in [2.45, 2.75) is 95.7 Å². The molecule has 9 nitrogen and oxygen atoms in total. The van der Waals surface area contributed by atoms with Gasteiger partial charge in [-0.1, -0.05) is 110 Å². The Balaban J connectivity index is 1.22. The Hall–Kier alpha value is -4.38. The van der Waals surface area contributed by atoms with Crippen LogP contribution in [0.5, 0.6) is 0 Å². The van der Waals surface area contributed by atoms with E-state index in [1.165, 1.54) is 0 Å². The summed E-state index contributed by atoms with van der Waals surface area (Å²) in [5.74, 6) is -0.784. The number of amides is 1. The number of ether oxygens (including phenoxy) is 2. The third-order valence-electron chi connectivity index (χ3n) is 9.88. The van der Waals surface area contributed by atoms with Gasteiger partial charge < -0.3 is 30.1 Å². The first-order chi connectivity index (χ1) is 25.2. The Morgan fingerprint density at radius 1 is 0.808 bits per heavy atom. The molecule has 52 heavy (non-hydrogen) atoms. The molecule has 0 unspecified atom stereocenters. The van der Waals surface area contributed by atoms with Crippen LogP contribution >= 0.6 is 0 Å². The average Bonchev–Trinajstić information content (AvgIpc) is 3.18. The van der Waals surface area contributed by atoms with Gasteiger partial charge in [-0.15, -0.1) is 0 Å². The molecule has 1 amide bonds. The molecule has 276 valence electrons. The van der Waals surface area contributed by atoms with Crippen LogP contribution in [0.25, 0.3) is 11.1 Å². The van der Waals surface area contributed by atoms with Gasteiger partial charge in [0.25, 0.3) is 0 Å². The number of carboxylic acids is 1. The fraction of sp³-hybridized carbons (Fsp3) is 0.395. The number of nitrogens with one attached hydrogen (secondary N) is 1. The van der Waals surface area contributed by atoms with E-state index >= 15 is 0 Å². The van der Waals surface area contributed by atoms with Crippen LogP contribution in [0.2, 0.25) is 0 Å². The molecule has 1 saturated heterocycles. The minimum absolute atomic E-state index is 0.00514. The number of carbonyl (C=O) groups is 2. The number of likely N-dealkylation sites (N-methyl/N-ethyl adjacent to an activating group) is 1. The maximum atomic E-state index is 12.4. The van der Waals surface area contributed by atoms with Gasteiger partial charge in [0.05, 0.1) is 24.9 Å². The van der Waals surface area contributed by atoms with Gasteiger partial charge in [0.2, 0.25) is 5.91 Å². The average molecular weight is 709 g/mol. The summed E-state index contributed by atoms with van der Waals surface area (Å²) in [6.07, 6.45) is 2.67. The number of hydrogen-bond donors (Lipinski definition) is 4. The second-order valence-electron chi connectivity index (χ2n) is 13.8. The third-order valence-corrected chi connectivity index (χ3v) is 9.88. The predicted octanol–water partition coefficient (Wildman–Crippen LogP) is 7.49. The van der Waals surface area contributed by atoms with E-state index in [0.717, 1.165) is 58.2 Å². The Labute approximate surface area is 307 Å². The summed E-state index contributed by atoms with van der Waals surface area (Å²) in [5, 5.41) is 32.4. The van der Waals surface area contributed by atoms with E-state index in [9.17, 15) is 19.8 Å². The fourth-order valence-corrected chi connectivity index (χ4v) is 6.59. The van der Waals surface area contributed by atoms with Crippen LogP contribution in [-0.2, 0) is 32.2 Å². The van der Waals surface area contributed by atoms with Crippen molar-refractivity contribution in [3.05, 3.63) is 131 Å². The summed E-state index contributed by atoms with van der Waals surface area (Å²) in [7, 11) is 2.01. The largest absolute Gasteiger partial charge is 0.481 e. The molecular formula is C43H52N2O7. The molecule has 5 rings (SSSR count). The van der Waals surface area contributed by atoms with Crippen molar-refractivity contribution in [1.29, 1.82) is 0 Å². The van der Waals surface area contributed by atoms with Crippen LogP contribution in [-0.4, -0.2) is 57.8 Å². The van der Waals surface area contributed by atoms with Crippen molar-refractivity contribution >= 4 is 11.9 Å². The van der Waals surface area contributed by atoms with E-state index in [1.54, 1.807) is 0 Å². The van der Waals surface area contributed by atoms with Gasteiger partial charge in [-0.25, -0.2) is 0 Å². The predicted molar refractivity (Wildman–Crippen MR) is 201 cm³/mol. The molecule has 0 bridgehead atoms. The van der Waals surface area contributed by atoms with Gasteiger partial charge in [0.15, 0.2) is 6.29 Å². The first-order valence-corrected chi connectivity index (χ1v) is 18.3. The molecule has 0 spiro atoms. The molecule has 1 aliphatic rings. The van der Waals surface area contributed by atoms with E-state index in [1.807, 2.05) is 98.9 Å². The van der Waals surface area contributed by atoms with Crippen LogP contribution in [0.15, 0.2) is 103 Å². The summed E-state index contributed by atoms with van der Waals surface area (Å²) in [6.45, 7) is 3.04. The number of carboxylic acid groups (broad SMARTS) is 1. The van der Waals surface area contributed by atoms with E-state index in [2.05, 4.69) is 28.4 Å². The number of aliphatic hydroxyl groups is 2. The summed E-state index contributed by atoms with van der Waals surface area (Å²) in [6, 6.07) is 33.7. The SMILES string of the molecule is C[C@H]([C@@H](O)c1ccccc1)N(C)C[C@H]1C[C@@H](c2ccc(CO)cc2)O[C@@H](c2ccc(-c3cccc(CNC(=O)CCCCCCC(=O)O)c3)cc2)O1. The number of aliphatic carboxylic acids is 1. The Morgan fingerprint density at radius 2 is 1.50 bits per heavy atom. The fourth-order valence-electron chi connectivity index (χ4n) is 6.59. The summed E-state index contributed by atoms with van der Waals surface area (Å²) in [4.78, 5) is 25.2. The molecule has 0 radical (unpaired) electrons. The lowest BCUT2D eigenvalue weighted by molar-refractivity contribution is -0.253. The van der Waals surface area contributed by atoms with Gasteiger partial charge in [0, 0.05) is 44.0 Å². The zero-order chi connectivity index (χ0) is 36.9. The van der Waals surface area contributed by atoms with E-state index < -0.39 is 18.4 Å². The van der Waals surface area contributed by atoms with E-state index in [-0.39, 0.29) is 37.2 Å². The highest BCUT2D eigenvalue weighted by atomic mass is 16.7. The Morgan fingerprint density at radius 3 is 2.19 bits per heavy atom. The highest BCUT2D eigenvalue weighted by molar-refractivity contribution is 5.76. The highest BCUT2D eigenvalue weighted by Gasteiger charge is 2.34. The van der Waals surface area contributed by atoms with Crippen LogP contribution in [0, 0.1) is 0 Å². The maximum absolute atomic E-state index is 12.4. The molecule has 1 fully saturated rings. The maximum Gasteiger partial charge on any atom is 0.303 e. The smallest absolute Gasteiger partial charge is 0.303 e. The number of unbranched alkanes of at least 4 members (excludes halogenated alkanes) is 3. The molecule has 4 aromatic rings. The van der Waals surface area contributed by atoms with Gasteiger partial charge in [-0.05, 0) is 66.3 Å². The number of benzene rings is 4. The minimum Gasteiger partial charge on any atom is -0.481 e. The lowest BCUT2D eigenvalue weighted by Crippen LogP contribution is -2.43. The number of nitrogens with zero attached hydrogens (tertiary/aromatic N) is 1. The van der Waals surface area contributed by atoms with E-state index in [4.69, 9.17) is 14.6 Å². The lowest BCUT2D eigenvalue weighted by Gasteiger charge is -2.39. The molecule has 4 aromatic carbocycles. The summed E-state index contributed by atoms with van der Waals surface area (Å²) in [5.41, 5.74) is 6.71. The number of rotatable bonds is 18. The van der Waals surface area contributed by atoms with Crippen molar-refractivity contribution in [2.24, 2.45) is 0 Å². The van der Waals surface area contributed by atoms with Gasteiger partial charge in [0.1, 0.15) is 0 Å². The molecule has 5 atom stereocenters. The molecule has 1 heterocycles. The first kappa shape index (κ1) is 38.8. The monoisotopic (exact) mass is 708 g/mol. The molecule has 0 saturated carbocycles. The van der Waals surface area contributed by atoms with Crippen molar-refractivity contribution in [1.82, 2.24) is 10.2 Å². The first-order valence-electron chi connectivity index (χ1n) is 18.3. The van der Waals surface area contributed by atoms with Crippen LogP contribution in [0.1, 0.15) is 98.2 Å². The molecule has 9 heteroatoms. The van der Waals surface area contributed by atoms with Crippen molar-refractivity contribution in [3.8, 4) is 11.1 Å². The zero-order valence-electron chi connectivity index (χ0n) is 30.2. The summed E-state index contributed by atoms with van der Waals surface area (Å²) >= 11 is 0. The standard InChI is InChI=1S/C43H52N2O7/c1-30(42(50)35-12-6-5-7-13-35)45(2)28-38-26-39(34-19-17-31(29-46)18-20-34)52-43(51-38)36-23-21-33(22-24-36)37-14-10-11-32(25-37)27-44-40(47)15-8-3-4-9-16-41(48)49/h5-7,10-14,17-25,30,38-39,42-43,46,50H,3-4,8-9,15-16,26-29H2,1-2H3,(H,44,47)(H,48,49)/t30-,38-,39+,42-,43+/m1/s1. The summed E-state index contributed by atoms with van der Waals surface area (Å²) < 4.78 is 13.2. The Kier molecular flexibility index (Phi) is 14.5. The van der Waals surface area contributed by atoms with Crippen molar-refractivity contribution < 1.29 is 34.4 Å². The zero-order valence-corrected chi connectivity index (χ0v) is 30.2. The second kappa shape index (κ2) is 19.5. The normalized spacial score (nSPS) is 18.5. The molecule has 0 aliphatic carbocycles. The number of carbonyl (C=O) groups excluding carboxylic acids is 1. The van der Waals surface area contributed by atoms with Crippen LogP contribution < -0.4 is 5.32 Å². The van der Waals surface area contributed by atoms with Crippen molar-refractivity contribution in [3.63, 3.8) is 0 Å². The highest BCUT2D eigenvalue weighted by Crippen LogP contribution is 2.39. The Bertz CT molecular complexity index is 1700. The van der Waals surface area contributed by atoms with Gasteiger partial charge in [-0.2, -0.15) is 0 Å². The second-order valence-corrected chi connectivity index (χ2v) is 13.8. The number of hydrogen-bond acceptors (Lipinski definition) is 7.